The molecule has 8 nitrogen and oxygen atoms in total. The van der Waals surface area contributed by atoms with Crippen molar-refractivity contribution in [3.8, 4) is 0 Å². The van der Waals surface area contributed by atoms with Gasteiger partial charge in [-0.05, 0) is 95.3 Å². The van der Waals surface area contributed by atoms with Crippen molar-refractivity contribution in [2.24, 2.45) is 29.6 Å². The molecular formula is C32H52O8. The fourth-order valence-corrected chi connectivity index (χ4v) is 8.48. The van der Waals surface area contributed by atoms with Gasteiger partial charge in [0.25, 0.3) is 0 Å². The lowest BCUT2D eigenvalue weighted by Crippen LogP contribution is -2.68. The van der Waals surface area contributed by atoms with Crippen molar-refractivity contribution in [1.82, 2.24) is 0 Å². The molecule has 1 spiro atoms. The lowest BCUT2D eigenvalue weighted by Gasteiger charge is -2.61. The van der Waals surface area contributed by atoms with Gasteiger partial charge < -0.3 is 24.1 Å². The number of aliphatic hydroxyl groups excluding tert-OH is 1. The van der Waals surface area contributed by atoms with Gasteiger partial charge in [0, 0.05) is 19.3 Å². The smallest absolute Gasteiger partial charge is 0.306 e. The second-order valence-electron chi connectivity index (χ2n) is 13.7. The van der Waals surface area contributed by atoms with E-state index in [-0.39, 0.29) is 42.0 Å². The Balaban J connectivity index is 1.17. The molecule has 6 rings (SSSR count). The molecule has 2 aliphatic carbocycles. The summed E-state index contributed by atoms with van der Waals surface area (Å²) in [5.41, 5.74) is -0.429. The van der Waals surface area contributed by atoms with Crippen LogP contribution in [0.2, 0.25) is 0 Å². The monoisotopic (exact) mass is 564 g/mol. The fourth-order valence-electron chi connectivity index (χ4n) is 8.48. The van der Waals surface area contributed by atoms with Crippen LogP contribution in [0, 0.1) is 29.6 Å². The summed E-state index contributed by atoms with van der Waals surface area (Å²) in [5.74, 6) is 0.702. The normalized spacial score (nSPS) is 47.1. The topological polar surface area (TPSA) is 92.7 Å². The maximum atomic E-state index is 13.3. The average molecular weight is 565 g/mol. The number of aliphatic hydroxyl groups is 1. The molecule has 4 heterocycles. The highest BCUT2D eigenvalue weighted by Crippen LogP contribution is 2.62. The highest BCUT2D eigenvalue weighted by molar-refractivity contribution is 5.70. The lowest BCUT2D eigenvalue weighted by molar-refractivity contribution is -0.540. The Morgan fingerprint density at radius 3 is 2.70 bits per heavy atom. The minimum atomic E-state index is -0.841. The summed E-state index contributed by atoms with van der Waals surface area (Å²) in [7, 11) is 0. The largest absolute Gasteiger partial charge is 0.459 e. The first-order valence-electron chi connectivity index (χ1n) is 15.9. The molecule has 4 saturated heterocycles. The van der Waals surface area contributed by atoms with E-state index in [0.29, 0.717) is 24.7 Å². The molecule has 6 fully saturated rings. The van der Waals surface area contributed by atoms with Gasteiger partial charge >= 0.3 is 5.97 Å². The number of esters is 1. The second-order valence-corrected chi connectivity index (χ2v) is 13.7. The van der Waals surface area contributed by atoms with E-state index in [2.05, 4.69) is 20.4 Å². The van der Waals surface area contributed by atoms with Crippen molar-refractivity contribution in [1.29, 1.82) is 0 Å². The minimum Gasteiger partial charge on any atom is -0.459 e. The van der Waals surface area contributed by atoms with E-state index in [1.807, 2.05) is 26.8 Å². The van der Waals surface area contributed by atoms with Gasteiger partial charge in [0.15, 0.2) is 12.1 Å². The van der Waals surface area contributed by atoms with E-state index in [0.717, 1.165) is 57.8 Å². The van der Waals surface area contributed by atoms with Crippen LogP contribution in [0.1, 0.15) is 105 Å². The molecule has 13 atom stereocenters. The highest BCUT2D eigenvalue weighted by Gasteiger charge is 2.68. The molecule has 0 radical (unpaired) electrons. The number of hydrogen-bond donors (Lipinski definition) is 1. The molecule has 0 amide bonds. The number of allylic oxidation sites excluding steroid dienone is 1. The van der Waals surface area contributed by atoms with Gasteiger partial charge in [0.2, 0.25) is 0 Å². The lowest BCUT2D eigenvalue weighted by atomic mass is 9.52. The highest BCUT2D eigenvalue weighted by atomic mass is 17.3. The molecular weight excluding hydrogens is 512 g/mol. The standard InChI is InChI=1S/C32H52O8/c1-7-8-9-10-11-20(3)35-30-26(33)18-27(22(5)36-30)37-29(34)17-23-16-28-32-24(14-15-31(6,38-28)39-40-32)19(2)12-13-25(32)21(23)4/h7,19-28,30,33H,1,8-18H2,2-6H3/t19-,20-,21+,22+,23-,24+,25+,26-,27-,28+,30-,31+,32-/m1/s1. The molecule has 0 aromatic rings. The van der Waals surface area contributed by atoms with E-state index in [1.165, 1.54) is 0 Å². The zero-order valence-electron chi connectivity index (χ0n) is 25.2. The van der Waals surface area contributed by atoms with Crippen molar-refractivity contribution < 1.29 is 38.6 Å². The molecule has 2 bridgehead atoms. The predicted molar refractivity (Wildman–Crippen MR) is 149 cm³/mol. The first kappa shape index (κ1) is 30.4. The quantitative estimate of drug-likeness (QED) is 0.153. The first-order valence-corrected chi connectivity index (χ1v) is 15.9. The maximum absolute atomic E-state index is 13.3. The van der Waals surface area contributed by atoms with Crippen LogP contribution in [0.3, 0.4) is 0 Å². The van der Waals surface area contributed by atoms with Gasteiger partial charge in [-0.3, -0.25) is 4.79 Å². The molecule has 2 saturated carbocycles. The summed E-state index contributed by atoms with van der Waals surface area (Å²) in [5, 5.41) is 10.8. The van der Waals surface area contributed by atoms with Crippen LogP contribution in [0.25, 0.3) is 0 Å². The molecule has 40 heavy (non-hydrogen) atoms. The molecule has 0 aromatic carbocycles. The average Bonchev–Trinajstić information content (AvgIpc) is 3.13. The Kier molecular flexibility index (Phi) is 9.35. The molecule has 0 aromatic heterocycles. The summed E-state index contributed by atoms with van der Waals surface area (Å²) in [4.78, 5) is 25.6. The zero-order chi connectivity index (χ0) is 28.7. The predicted octanol–water partition coefficient (Wildman–Crippen LogP) is 5.85. The van der Waals surface area contributed by atoms with Crippen molar-refractivity contribution in [3.05, 3.63) is 12.7 Å². The van der Waals surface area contributed by atoms with Crippen LogP contribution in [-0.2, 0) is 33.5 Å². The third-order valence-electron chi connectivity index (χ3n) is 10.8. The number of rotatable bonds is 10. The van der Waals surface area contributed by atoms with Crippen LogP contribution in [0.4, 0.5) is 0 Å². The number of hydrogen-bond acceptors (Lipinski definition) is 8. The van der Waals surface area contributed by atoms with Crippen molar-refractivity contribution in [2.45, 2.75) is 153 Å². The van der Waals surface area contributed by atoms with Gasteiger partial charge in [-0.1, -0.05) is 26.3 Å². The summed E-state index contributed by atoms with van der Waals surface area (Å²) < 4.78 is 24.6. The van der Waals surface area contributed by atoms with Gasteiger partial charge in [-0.25, -0.2) is 9.78 Å². The molecule has 4 aliphatic heterocycles. The van der Waals surface area contributed by atoms with Crippen molar-refractivity contribution >= 4 is 5.97 Å². The number of fused-ring (bicyclic) bond motifs is 2. The van der Waals surface area contributed by atoms with Crippen LogP contribution in [-0.4, -0.2) is 59.3 Å². The maximum Gasteiger partial charge on any atom is 0.306 e. The Labute approximate surface area is 240 Å². The SMILES string of the molecule is C=CCCCC[C@@H](C)O[C@@H]1O[C@@H](C)[C@H](OC(=O)C[C@H]2C[C@@H]3O[C@]4(C)CC[C@H]5[C@H](C)CC[C@@H]([C@H]2C)[C@@]35OO4)C[C@H]1O. The van der Waals surface area contributed by atoms with Crippen LogP contribution >= 0.6 is 0 Å². The summed E-state index contributed by atoms with van der Waals surface area (Å²) in [6, 6.07) is 0. The van der Waals surface area contributed by atoms with Gasteiger partial charge in [0.1, 0.15) is 17.8 Å². The zero-order valence-corrected chi connectivity index (χ0v) is 25.2. The summed E-state index contributed by atoms with van der Waals surface area (Å²) in [6.45, 7) is 14.2. The second kappa shape index (κ2) is 12.3. The number of ether oxygens (including phenoxy) is 4. The first-order chi connectivity index (χ1) is 19.1. The van der Waals surface area contributed by atoms with Crippen LogP contribution in [0.15, 0.2) is 12.7 Å². The van der Waals surface area contributed by atoms with E-state index in [1.54, 1.807) is 0 Å². The Hall–Kier alpha value is -1.03. The fraction of sp³-hybridized carbons (Fsp3) is 0.906. The van der Waals surface area contributed by atoms with E-state index >= 15 is 0 Å². The van der Waals surface area contributed by atoms with E-state index < -0.39 is 29.9 Å². The molecule has 1 N–H and O–H groups in total. The number of carbonyl (C=O) groups excluding carboxylic acids is 1. The Morgan fingerprint density at radius 2 is 1.93 bits per heavy atom. The molecule has 228 valence electrons. The number of unbranched alkanes of at least 4 members (excludes halogenated alkanes) is 2. The van der Waals surface area contributed by atoms with Gasteiger partial charge in [-0.2, -0.15) is 0 Å². The molecule has 8 heteroatoms. The van der Waals surface area contributed by atoms with Crippen LogP contribution in [0.5, 0.6) is 0 Å². The van der Waals surface area contributed by atoms with Crippen molar-refractivity contribution in [3.63, 3.8) is 0 Å². The third kappa shape index (κ3) is 5.91. The molecule has 6 aliphatic rings. The summed E-state index contributed by atoms with van der Waals surface area (Å²) >= 11 is 0. The minimum absolute atomic E-state index is 0.0210. The Morgan fingerprint density at radius 1 is 1.12 bits per heavy atom. The van der Waals surface area contributed by atoms with Crippen LogP contribution < -0.4 is 0 Å². The third-order valence-corrected chi connectivity index (χ3v) is 10.8. The Bertz CT molecular complexity index is 896. The van der Waals surface area contributed by atoms with Crippen molar-refractivity contribution in [2.75, 3.05) is 0 Å². The van der Waals surface area contributed by atoms with Gasteiger partial charge in [0.05, 0.1) is 18.3 Å². The van der Waals surface area contributed by atoms with Gasteiger partial charge in [-0.15, -0.1) is 6.58 Å². The van der Waals surface area contributed by atoms with E-state index in [4.69, 9.17) is 28.7 Å². The number of carbonyl (C=O) groups is 1. The molecule has 0 unspecified atom stereocenters. The summed E-state index contributed by atoms with van der Waals surface area (Å²) in [6.07, 6.45) is 8.91. The van der Waals surface area contributed by atoms with E-state index in [9.17, 15) is 9.90 Å².